The maximum atomic E-state index is 12.2. The van der Waals surface area contributed by atoms with Crippen LogP contribution in [0.25, 0.3) is 0 Å². The van der Waals surface area contributed by atoms with Crippen LogP contribution >= 0.6 is 0 Å². The summed E-state index contributed by atoms with van der Waals surface area (Å²) in [7, 11) is 1.80. The summed E-state index contributed by atoms with van der Waals surface area (Å²) in [5, 5.41) is 9.91. The lowest BCUT2D eigenvalue weighted by Crippen LogP contribution is -2.43. The Bertz CT molecular complexity index is 666. The first-order valence-electron chi connectivity index (χ1n) is 11.4. The van der Waals surface area contributed by atoms with Gasteiger partial charge in [-0.15, -0.1) is 0 Å². The van der Waals surface area contributed by atoms with Crippen molar-refractivity contribution in [2.75, 3.05) is 26.8 Å². The smallest absolute Gasteiger partial charge is 0.251 e. The van der Waals surface area contributed by atoms with Crippen LogP contribution in [-0.4, -0.2) is 44.7 Å². The maximum Gasteiger partial charge on any atom is 0.251 e. The molecule has 0 aliphatic heterocycles. The minimum atomic E-state index is -0.0183. The molecular weight excluding hydrogens is 376 g/mol. The van der Waals surface area contributed by atoms with E-state index in [1.54, 1.807) is 7.05 Å². The van der Waals surface area contributed by atoms with Crippen molar-refractivity contribution in [2.45, 2.75) is 71.9 Å². The van der Waals surface area contributed by atoms with Crippen LogP contribution in [0.4, 0.5) is 0 Å². The number of aliphatic imine (C=N–C) groups is 1. The fourth-order valence-corrected chi connectivity index (χ4v) is 3.93. The van der Waals surface area contributed by atoms with E-state index in [0.717, 1.165) is 44.1 Å². The van der Waals surface area contributed by atoms with Crippen LogP contribution in [0.1, 0.15) is 75.2 Å². The van der Waals surface area contributed by atoms with Gasteiger partial charge < -0.3 is 20.7 Å². The third-order valence-electron chi connectivity index (χ3n) is 6.17. The molecule has 1 unspecified atom stereocenters. The summed E-state index contributed by atoms with van der Waals surface area (Å²) in [6.45, 7) is 9.34. The molecule has 1 aliphatic rings. The van der Waals surface area contributed by atoms with E-state index in [0.29, 0.717) is 17.5 Å². The van der Waals surface area contributed by atoms with Gasteiger partial charge in [0.05, 0.1) is 0 Å². The molecule has 6 heteroatoms. The van der Waals surface area contributed by atoms with Gasteiger partial charge in [-0.05, 0) is 62.6 Å². The van der Waals surface area contributed by atoms with E-state index in [-0.39, 0.29) is 11.9 Å². The van der Waals surface area contributed by atoms with E-state index in [1.165, 1.54) is 25.7 Å². The summed E-state index contributed by atoms with van der Waals surface area (Å²) >= 11 is 0. The molecule has 1 amide bonds. The van der Waals surface area contributed by atoms with E-state index in [2.05, 4.69) is 34.8 Å². The third-order valence-corrected chi connectivity index (χ3v) is 6.17. The van der Waals surface area contributed by atoms with Gasteiger partial charge in [-0.2, -0.15) is 0 Å². The van der Waals surface area contributed by atoms with Crippen LogP contribution in [0.15, 0.2) is 29.3 Å². The lowest BCUT2D eigenvalue weighted by molar-refractivity contribution is 0.0939. The normalized spacial score (nSPS) is 16.9. The minimum Gasteiger partial charge on any atom is -0.382 e. The molecule has 0 bridgehead atoms. The highest BCUT2D eigenvalue weighted by Crippen LogP contribution is 2.40. The molecule has 1 aromatic rings. The molecular formula is C24H40N4O2. The van der Waals surface area contributed by atoms with Crippen molar-refractivity contribution in [1.82, 2.24) is 16.0 Å². The number of carbonyl (C=O) groups excluding carboxylic acids is 1. The summed E-state index contributed by atoms with van der Waals surface area (Å²) in [4.78, 5) is 16.6. The van der Waals surface area contributed by atoms with Crippen molar-refractivity contribution in [2.24, 2.45) is 10.4 Å². The zero-order chi connectivity index (χ0) is 21.8. The summed E-state index contributed by atoms with van der Waals surface area (Å²) in [5.41, 5.74) is 2.13. The van der Waals surface area contributed by atoms with Crippen LogP contribution in [0.5, 0.6) is 0 Å². The second kappa shape index (κ2) is 12.6. The number of benzene rings is 1. The number of carbonyl (C=O) groups is 1. The first kappa shape index (κ1) is 24.2. The Morgan fingerprint density at radius 1 is 1.17 bits per heavy atom. The number of ether oxygens (including phenoxy) is 1. The molecule has 0 saturated heterocycles. The third kappa shape index (κ3) is 7.63. The van der Waals surface area contributed by atoms with Gasteiger partial charge in [0, 0.05) is 45.0 Å². The predicted octanol–water partition coefficient (Wildman–Crippen LogP) is 3.87. The average Bonchev–Trinajstić information content (AvgIpc) is 3.23. The molecule has 0 aromatic heterocycles. The second-order valence-electron chi connectivity index (χ2n) is 8.41. The van der Waals surface area contributed by atoms with Crippen molar-refractivity contribution >= 4 is 11.9 Å². The molecule has 6 nitrogen and oxygen atoms in total. The molecule has 1 aliphatic carbocycles. The molecule has 3 N–H and O–H groups in total. The minimum absolute atomic E-state index is 0.0183. The van der Waals surface area contributed by atoms with Crippen LogP contribution in [0, 0.1) is 5.41 Å². The quantitative estimate of drug-likeness (QED) is 0.291. The molecule has 0 heterocycles. The monoisotopic (exact) mass is 416 g/mol. The summed E-state index contributed by atoms with van der Waals surface area (Å²) in [6, 6.07) is 7.93. The van der Waals surface area contributed by atoms with E-state index in [4.69, 9.17) is 4.74 Å². The average molecular weight is 417 g/mol. The number of nitrogens with zero attached hydrogens (tertiary/aromatic N) is 1. The lowest BCUT2D eigenvalue weighted by Gasteiger charge is -2.30. The van der Waals surface area contributed by atoms with Gasteiger partial charge in [-0.25, -0.2) is 0 Å². The SMILES string of the molecule is CCOCCC1(CNC(=NC)NCc2ccc(C(=O)NC(C)CC)cc2)CCCC1. The molecule has 1 saturated carbocycles. The number of nitrogens with one attached hydrogen (secondary N) is 3. The van der Waals surface area contributed by atoms with Crippen LogP contribution in [0.3, 0.4) is 0 Å². The van der Waals surface area contributed by atoms with E-state index >= 15 is 0 Å². The van der Waals surface area contributed by atoms with Gasteiger partial charge in [0.2, 0.25) is 0 Å². The summed E-state index contributed by atoms with van der Waals surface area (Å²) < 4.78 is 5.61. The molecule has 30 heavy (non-hydrogen) atoms. The number of guanidine groups is 1. The Morgan fingerprint density at radius 2 is 1.87 bits per heavy atom. The molecule has 1 fully saturated rings. The van der Waals surface area contributed by atoms with Gasteiger partial charge in [0.15, 0.2) is 5.96 Å². The second-order valence-corrected chi connectivity index (χ2v) is 8.41. The molecule has 1 aromatic carbocycles. The molecule has 1 atom stereocenters. The highest BCUT2D eigenvalue weighted by atomic mass is 16.5. The Hall–Kier alpha value is -2.08. The van der Waals surface area contributed by atoms with Gasteiger partial charge in [0.25, 0.3) is 5.91 Å². The number of amides is 1. The Labute approximate surface area is 182 Å². The van der Waals surface area contributed by atoms with Crippen molar-refractivity contribution in [1.29, 1.82) is 0 Å². The van der Waals surface area contributed by atoms with Crippen molar-refractivity contribution in [3.8, 4) is 0 Å². The predicted molar refractivity (Wildman–Crippen MR) is 124 cm³/mol. The summed E-state index contributed by atoms with van der Waals surface area (Å²) in [5.74, 6) is 0.798. The van der Waals surface area contributed by atoms with E-state index in [1.807, 2.05) is 31.2 Å². The van der Waals surface area contributed by atoms with Crippen LogP contribution in [0.2, 0.25) is 0 Å². The zero-order valence-electron chi connectivity index (χ0n) is 19.2. The molecule has 168 valence electrons. The Kier molecular flexibility index (Phi) is 10.1. The van der Waals surface area contributed by atoms with Gasteiger partial charge >= 0.3 is 0 Å². The number of hydrogen-bond acceptors (Lipinski definition) is 3. The zero-order valence-corrected chi connectivity index (χ0v) is 19.2. The van der Waals surface area contributed by atoms with E-state index < -0.39 is 0 Å². The fraction of sp³-hybridized carbons (Fsp3) is 0.667. The topological polar surface area (TPSA) is 74.8 Å². The largest absolute Gasteiger partial charge is 0.382 e. The Balaban J connectivity index is 1.82. The first-order valence-corrected chi connectivity index (χ1v) is 11.4. The van der Waals surface area contributed by atoms with Gasteiger partial charge in [-0.1, -0.05) is 31.9 Å². The van der Waals surface area contributed by atoms with Crippen LogP contribution in [-0.2, 0) is 11.3 Å². The standard InChI is InChI=1S/C24H40N4O2/c1-5-19(3)28-22(29)21-11-9-20(10-12-21)17-26-23(25-4)27-18-24(13-7-8-14-24)15-16-30-6-2/h9-12,19H,5-8,13-18H2,1-4H3,(H,28,29)(H2,25,26,27). The van der Waals surface area contributed by atoms with Gasteiger partial charge in [-0.3, -0.25) is 9.79 Å². The highest BCUT2D eigenvalue weighted by molar-refractivity contribution is 5.94. The van der Waals surface area contributed by atoms with Crippen molar-refractivity contribution in [3.63, 3.8) is 0 Å². The number of hydrogen-bond donors (Lipinski definition) is 3. The van der Waals surface area contributed by atoms with E-state index in [9.17, 15) is 4.79 Å². The molecule has 0 spiro atoms. The molecule has 2 rings (SSSR count). The van der Waals surface area contributed by atoms with Gasteiger partial charge in [0.1, 0.15) is 0 Å². The summed E-state index contributed by atoms with van der Waals surface area (Å²) in [6.07, 6.45) is 7.14. The van der Waals surface area contributed by atoms with Crippen molar-refractivity contribution in [3.05, 3.63) is 35.4 Å². The first-order chi connectivity index (χ1) is 14.5. The lowest BCUT2D eigenvalue weighted by atomic mass is 9.83. The highest BCUT2D eigenvalue weighted by Gasteiger charge is 2.33. The maximum absolute atomic E-state index is 12.2. The van der Waals surface area contributed by atoms with Crippen molar-refractivity contribution < 1.29 is 9.53 Å². The van der Waals surface area contributed by atoms with Crippen LogP contribution < -0.4 is 16.0 Å². The molecule has 0 radical (unpaired) electrons. The Morgan fingerprint density at radius 3 is 2.47 bits per heavy atom. The number of rotatable bonds is 11. The fourth-order valence-electron chi connectivity index (χ4n) is 3.93.